The van der Waals surface area contributed by atoms with Crippen LogP contribution in [0, 0.1) is 0 Å². The Morgan fingerprint density at radius 1 is 1.64 bits per heavy atom. The molecule has 0 bridgehead atoms. The Hall–Kier alpha value is -0.970. The molecule has 0 aliphatic carbocycles. The molecule has 11 heavy (non-hydrogen) atoms. The van der Waals surface area contributed by atoms with Gasteiger partial charge in [0.1, 0.15) is 0 Å². The maximum Gasteiger partial charge on any atom is 0.223 e. The Balaban J connectivity index is 3.78. The standard InChI is InChI=1S/C6H11N3OS/c1-5(10)8-6(11)7-4-9(2)3/h4H,1-3H3,(H,8,10,11)/b7-4+. The minimum Gasteiger partial charge on any atom is -0.369 e. The maximum atomic E-state index is 10.4. The summed E-state index contributed by atoms with van der Waals surface area (Å²) in [4.78, 5) is 15.9. The van der Waals surface area contributed by atoms with Crippen molar-refractivity contribution in [1.82, 2.24) is 10.2 Å². The highest BCUT2D eigenvalue weighted by molar-refractivity contribution is 7.80. The fraction of sp³-hybridized carbons (Fsp3) is 0.500. The molecule has 0 aromatic heterocycles. The number of carbonyl (C=O) groups is 1. The molecule has 4 nitrogen and oxygen atoms in total. The molecule has 0 saturated heterocycles. The minimum atomic E-state index is -0.203. The Morgan fingerprint density at radius 2 is 2.18 bits per heavy atom. The Labute approximate surface area is 71.3 Å². The molecule has 0 heterocycles. The first kappa shape index (κ1) is 10.0. The monoisotopic (exact) mass is 173 g/mol. The summed E-state index contributed by atoms with van der Waals surface area (Å²) in [6.45, 7) is 1.39. The van der Waals surface area contributed by atoms with Crippen LogP contribution in [-0.2, 0) is 4.79 Å². The summed E-state index contributed by atoms with van der Waals surface area (Å²) < 4.78 is 0. The molecular formula is C6H11N3OS. The van der Waals surface area contributed by atoms with Gasteiger partial charge in [-0.2, -0.15) is 0 Å². The molecule has 0 unspecified atom stereocenters. The van der Waals surface area contributed by atoms with Crippen molar-refractivity contribution in [2.75, 3.05) is 14.1 Å². The number of nitrogens with zero attached hydrogens (tertiary/aromatic N) is 2. The zero-order chi connectivity index (χ0) is 8.85. The highest BCUT2D eigenvalue weighted by Gasteiger charge is 1.93. The molecule has 0 atom stereocenters. The van der Waals surface area contributed by atoms with Gasteiger partial charge in [0.15, 0.2) is 0 Å². The molecular weight excluding hydrogens is 162 g/mol. The molecule has 0 aromatic rings. The predicted molar refractivity (Wildman–Crippen MR) is 48.6 cm³/mol. The lowest BCUT2D eigenvalue weighted by atomic mass is 10.7. The van der Waals surface area contributed by atoms with Gasteiger partial charge in [0.25, 0.3) is 0 Å². The van der Waals surface area contributed by atoms with Crippen molar-refractivity contribution < 1.29 is 4.79 Å². The molecule has 0 fully saturated rings. The molecule has 0 spiro atoms. The SMILES string of the molecule is CC(=O)NC(=S)/N=C/N(C)C. The van der Waals surface area contributed by atoms with Gasteiger partial charge >= 0.3 is 0 Å². The first-order valence-electron chi connectivity index (χ1n) is 3.04. The van der Waals surface area contributed by atoms with Gasteiger partial charge in [-0.3, -0.25) is 4.79 Å². The molecule has 1 N–H and O–H groups in total. The fourth-order valence-electron chi connectivity index (χ4n) is 0.351. The number of amides is 1. The summed E-state index contributed by atoms with van der Waals surface area (Å²) in [7, 11) is 3.64. The summed E-state index contributed by atoms with van der Waals surface area (Å²) >= 11 is 4.69. The van der Waals surface area contributed by atoms with E-state index in [1.165, 1.54) is 13.3 Å². The number of aliphatic imine (C=N–C) groups is 1. The van der Waals surface area contributed by atoms with Crippen LogP contribution in [0.1, 0.15) is 6.92 Å². The van der Waals surface area contributed by atoms with E-state index >= 15 is 0 Å². The molecule has 0 aliphatic heterocycles. The molecule has 0 saturated carbocycles. The average Bonchev–Trinajstić information content (AvgIpc) is 1.82. The van der Waals surface area contributed by atoms with Crippen molar-refractivity contribution in [2.24, 2.45) is 4.99 Å². The molecule has 0 radical (unpaired) electrons. The number of carbonyl (C=O) groups excluding carboxylic acids is 1. The molecule has 62 valence electrons. The number of thiocarbonyl (C=S) groups is 1. The van der Waals surface area contributed by atoms with Crippen LogP contribution >= 0.6 is 12.2 Å². The third-order valence-corrected chi connectivity index (χ3v) is 0.896. The summed E-state index contributed by atoms with van der Waals surface area (Å²) in [5.41, 5.74) is 0. The molecule has 0 aliphatic rings. The van der Waals surface area contributed by atoms with Gasteiger partial charge in [0, 0.05) is 21.0 Å². The van der Waals surface area contributed by atoms with Gasteiger partial charge in [-0.25, -0.2) is 4.99 Å². The lowest BCUT2D eigenvalue weighted by molar-refractivity contribution is -0.117. The topological polar surface area (TPSA) is 44.7 Å². The normalized spacial score (nSPS) is 9.73. The number of hydrogen-bond acceptors (Lipinski definition) is 2. The van der Waals surface area contributed by atoms with Gasteiger partial charge in [0.2, 0.25) is 11.0 Å². The number of rotatable bonds is 1. The second-order valence-electron chi connectivity index (χ2n) is 2.19. The Morgan fingerprint density at radius 3 is 2.55 bits per heavy atom. The van der Waals surface area contributed by atoms with Crippen LogP contribution in [0.2, 0.25) is 0 Å². The van der Waals surface area contributed by atoms with E-state index in [0.29, 0.717) is 0 Å². The smallest absolute Gasteiger partial charge is 0.223 e. The van der Waals surface area contributed by atoms with Gasteiger partial charge in [-0.1, -0.05) is 0 Å². The van der Waals surface area contributed by atoms with Crippen molar-refractivity contribution in [1.29, 1.82) is 0 Å². The highest BCUT2D eigenvalue weighted by atomic mass is 32.1. The summed E-state index contributed by atoms with van der Waals surface area (Å²) in [5.74, 6) is -0.203. The van der Waals surface area contributed by atoms with Crippen LogP contribution in [0.3, 0.4) is 0 Å². The van der Waals surface area contributed by atoms with Crippen LogP contribution < -0.4 is 5.32 Å². The third kappa shape index (κ3) is 6.92. The lowest BCUT2D eigenvalue weighted by Crippen LogP contribution is -2.25. The van der Waals surface area contributed by atoms with Crippen molar-refractivity contribution in [2.45, 2.75) is 6.92 Å². The van der Waals surface area contributed by atoms with Crippen molar-refractivity contribution in [3.8, 4) is 0 Å². The van der Waals surface area contributed by atoms with E-state index in [9.17, 15) is 4.79 Å². The zero-order valence-corrected chi connectivity index (χ0v) is 7.60. The second kappa shape index (κ2) is 4.79. The van der Waals surface area contributed by atoms with Crippen LogP contribution in [0.15, 0.2) is 4.99 Å². The fourth-order valence-corrected chi connectivity index (χ4v) is 0.542. The summed E-state index contributed by atoms with van der Waals surface area (Å²) in [6, 6.07) is 0. The van der Waals surface area contributed by atoms with E-state index in [1.54, 1.807) is 4.90 Å². The van der Waals surface area contributed by atoms with Crippen LogP contribution in [0.25, 0.3) is 0 Å². The summed E-state index contributed by atoms with van der Waals surface area (Å²) in [6.07, 6.45) is 1.53. The van der Waals surface area contributed by atoms with E-state index in [-0.39, 0.29) is 11.0 Å². The van der Waals surface area contributed by atoms with Crippen LogP contribution in [0.4, 0.5) is 0 Å². The number of nitrogens with one attached hydrogen (secondary N) is 1. The number of hydrogen-bond donors (Lipinski definition) is 1. The van der Waals surface area contributed by atoms with Crippen LogP contribution in [0.5, 0.6) is 0 Å². The zero-order valence-electron chi connectivity index (χ0n) is 6.79. The highest BCUT2D eigenvalue weighted by Crippen LogP contribution is 1.75. The van der Waals surface area contributed by atoms with Crippen molar-refractivity contribution >= 4 is 29.6 Å². The Bertz CT molecular complexity index is 188. The lowest BCUT2D eigenvalue weighted by Gasteiger charge is -2.02. The predicted octanol–water partition coefficient (Wildman–Crippen LogP) is -0.00270. The first-order valence-corrected chi connectivity index (χ1v) is 3.45. The molecule has 1 amide bonds. The summed E-state index contributed by atoms with van der Waals surface area (Å²) in [5, 5.41) is 2.55. The minimum absolute atomic E-state index is 0.186. The van der Waals surface area contributed by atoms with Crippen molar-refractivity contribution in [3.05, 3.63) is 0 Å². The Kier molecular flexibility index (Phi) is 4.36. The first-order chi connectivity index (χ1) is 5.02. The van der Waals surface area contributed by atoms with E-state index < -0.39 is 0 Å². The maximum absolute atomic E-state index is 10.4. The van der Waals surface area contributed by atoms with Gasteiger partial charge in [-0.05, 0) is 12.2 Å². The largest absolute Gasteiger partial charge is 0.369 e. The second-order valence-corrected chi connectivity index (χ2v) is 2.58. The molecule has 0 rings (SSSR count). The molecule has 5 heteroatoms. The van der Waals surface area contributed by atoms with Crippen LogP contribution in [-0.4, -0.2) is 36.4 Å². The van der Waals surface area contributed by atoms with E-state index in [4.69, 9.17) is 12.2 Å². The van der Waals surface area contributed by atoms with Crippen molar-refractivity contribution in [3.63, 3.8) is 0 Å². The average molecular weight is 173 g/mol. The van der Waals surface area contributed by atoms with Gasteiger partial charge < -0.3 is 10.2 Å². The van der Waals surface area contributed by atoms with E-state index in [2.05, 4.69) is 10.3 Å². The quantitative estimate of drug-likeness (QED) is 0.345. The van der Waals surface area contributed by atoms with Gasteiger partial charge in [0.05, 0.1) is 6.34 Å². The van der Waals surface area contributed by atoms with E-state index in [0.717, 1.165) is 0 Å². The third-order valence-electron chi connectivity index (χ3n) is 0.689. The molecule has 0 aromatic carbocycles. The van der Waals surface area contributed by atoms with E-state index in [1.807, 2.05) is 14.1 Å². The van der Waals surface area contributed by atoms with Gasteiger partial charge in [-0.15, -0.1) is 0 Å².